The van der Waals surface area contributed by atoms with Crippen molar-refractivity contribution in [2.24, 2.45) is 0 Å². The smallest absolute Gasteiger partial charge is 0.248 e. The number of aromatic amines is 1. The summed E-state index contributed by atoms with van der Waals surface area (Å²) in [4.78, 5) is 13.8. The number of H-pyrrole nitrogens is 1. The molecule has 0 saturated carbocycles. The Labute approximate surface area is 103 Å². The molecule has 1 aromatic carbocycles. The molecule has 2 N–H and O–H groups in total. The molecular formula is C12H12ClNO3. The van der Waals surface area contributed by atoms with E-state index in [0.29, 0.717) is 5.75 Å². The Morgan fingerprint density at radius 3 is 2.94 bits per heavy atom. The van der Waals surface area contributed by atoms with Gasteiger partial charge in [-0.15, -0.1) is 11.6 Å². The second-order valence-electron chi connectivity index (χ2n) is 3.69. The Morgan fingerprint density at radius 1 is 1.35 bits per heavy atom. The van der Waals surface area contributed by atoms with Crippen molar-refractivity contribution in [3.05, 3.63) is 40.7 Å². The molecule has 0 aliphatic carbocycles. The van der Waals surface area contributed by atoms with Crippen molar-refractivity contribution in [3.8, 4) is 5.75 Å². The maximum Gasteiger partial charge on any atom is 0.248 e. The van der Waals surface area contributed by atoms with Gasteiger partial charge in [-0.3, -0.25) is 4.79 Å². The summed E-state index contributed by atoms with van der Waals surface area (Å²) < 4.78 is 5.37. The maximum absolute atomic E-state index is 11.1. The molecule has 0 fully saturated rings. The number of hydrogen-bond donors (Lipinski definition) is 2. The van der Waals surface area contributed by atoms with E-state index in [1.165, 1.54) is 6.07 Å². The lowest BCUT2D eigenvalue weighted by Gasteiger charge is -2.10. The molecule has 1 atom stereocenters. The van der Waals surface area contributed by atoms with Gasteiger partial charge in [0.2, 0.25) is 5.56 Å². The van der Waals surface area contributed by atoms with Gasteiger partial charge in [0.05, 0.1) is 5.88 Å². The van der Waals surface area contributed by atoms with Gasteiger partial charge in [0.25, 0.3) is 0 Å². The number of rotatable bonds is 4. The summed E-state index contributed by atoms with van der Waals surface area (Å²) in [6, 6.07) is 8.48. The summed E-state index contributed by atoms with van der Waals surface area (Å²) in [5.41, 5.74) is 0.617. The van der Waals surface area contributed by atoms with Crippen LogP contribution >= 0.6 is 11.6 Å². The van der Waals surface area contributed by atoms with Gasteiger partial charge >= 0.3 is 0 Å². The normalized spacial score (nSPS) is 12.6. The second-order valence-corrected chi connectivity index (χ2v) is 4.00. The highest BCUT2D eigenvalue weighted by Crippen LogP contribution is 2.18. The van der Waals surface area contributed by atoms with E-state index in [1.54, 1.807) is 24.3 Å². The van der Waals surface area contributed by atoms with Gasteiger partial charge in [0.1, 0.15) is 18.5 Å². The largest absolute Gasteiger partial charge is 0.491 e. The summed E-state index contributed by atoms with van der Waals surface area (Å²) in [5.74, 6) is 0.773. The monoisotopic (exact) mass is 253 g/mol. The third-order valence-electron chi connectivity index (χ3n) is 2.32. The number of aliphatic hydroxyl groups excluding tert-OH is 1. The van der Waals surface area contributed by atoms with Crippen molar-refractivity contribution in [1.29, 1.82) is 0 Å². The van der Waals surface area contributed by atoms with Crippen LogP contribution in [0.2, 0.25) is 0 Å². The average Bonchev–Trinajstić information content (AvgIpc) is 2.35. The van der Waals surface area contributed by atoms with Gasteiger partial charge < -0.3 is 14.8 Å². The van der Waals surface area contributed by atoms with Crippen molar-refractivity contribution in [2.75, 3.05) is 12.5 Å². The summed E-state index contributed by atoms with van der Waals surface area (Å²) >= 11 is 5.46. The molecule has 0 saturated heterocycles. The van der Waals surface area contributed by atoms with Crippen LogP contribution in [0.15, 0.2) is 35.1 Å². The molecule has 0 aliphatic heterocycles. The van der Waals surface area contributed by atoms with Crippen LogP contribution in [0.3, 0.4) is 0 Å². The number of pyridine rings is 1. The van der Waals surface area contributed by atoms with E-state index in [0.717, 1.165) is 10.9 Å². The lowest BCUT2D eigenvalue weighted by atomic mass is 10.2. The molecule has 2 aromatic rings. The van der Waals surface area contributed by atoms with Crippen molar-refractivity contribution < 1.29 is 9.84 Å². The number of fused-ring (bicyclic) bond motifs is 1. The van der Waals surface area contributed by atoms with E-state index in [-0.39, 0.29) is 18.0 Å². The molecule has 17 heavy (non-hydrogen) atoms. The minimum atomic E-state index is -0.678. The van der Waals surface area contributed by atoms with E-state index in [2.05, 4.69) is 4.98 Å². The Balaban J connectivity index is 2.20. The second kappa shape index (κ2) is 5.21. The molecule has 4 nitrogen and oxygen atoms in total. The molecule has 0 bridgehead atoms. The molecule has 0 aliphatic rings. The molecule has 2 rings (SSSR count). The van der Waals surface area contributed by atoms with Gasteiger partial charge in [0, 0.05) is 17.0 Å². The first-order valence-electron chi connectivity index (χ1n) is 5.19. The number of halogens is 1. The quantitative estimate of drug-likeness (QED) is 0.812. The first-order valence-corrected chi connectivity index (χ1v) is 5.72. The van der Waals surface area contributed by atoms with Crippen LogP contribution in [0.25, 0.3) is 10.9 Å². The highest BCUT2D eigenvalue weighted by Gasteiger charge is 2.03. The molecule has 90 valence electrons. The molecule has 1 unspecified atom stereocenters. The van der Waals surface area contributed by atoms with Gasteiger partial charge in [-0.1, -0.05) is 0 Å². The first-order chi connectivity index (χ1) is 8.19. The van der Waals surface area contributed by atoms with Gasteiger partial charge in [0.15, 0.2) is 0 Å². The van der Waals surface area contributed by atoms with Crippen LogP contribution in [-0.4, -0.2) is 28.7 Å². The zero-order valence-corrected chi connectivity index (χ0v) is 9.78. The number of alkyl halides is 1. The van der Waals surface area contributed by atoms with Crippen LogP contribution in [0, 0.1) is 0 Å². The standard InChI is InChI=1S/C12H12ClNO3/c13-6-9(15)7-17-10-2-3-11-8(5-10)1-4-12(16)14-11/h1-5,9,15H,6-7H2,(H,14,16). The Hall–Kier alpha value is -1.52. The van der Waals surface area contributed by atoms with Crippen molar-refractivity contribution >= 4 is 22.5 Å². The van der Waals surface area contributed by atoms with Gasteiger partial charge in [-0.2, -0.15) is 0 Å². The van der Waals surface area contributed by atoms with E-state index in [1.807, 2.05) is 0 Å². The predicted molar refractivity (Wildman–Crippen MR) is 66.8 cm³/mol. The number of nitrogens with one attached hydrogen (secondary N) is 1. The van der Waals surface area contributed by atoms with Crippen LogP contribution in [0.5, 0.6) is 5.75 Å². The fraction of sp³-hybridized carbons (Fsp3) is 0.250. The van der Waals surface area contributed by atoms with E-state index in [9.17, 15) is 9.90 Å². The van der Waals surface area contributed by atoms with E-state index < -0.39 is 6.10 Å². The molecule has 0 radical (unpaired) electrons. The van der Waals surface area contributed by atoms with Crippen LogP contribution in [0.4, 0.5) is 0 Å². The lowest BCUT2D eigenvalue weighted by molar-refractivity contribution is 0.125. The minimum absolute atomic E-state index is 0.135. The topological polar surface area (TPSA) is 62.3 Å². The van der Waals surface area contributed by atoms with Crippen molar-refractivity contribution in [2.45, 2.75) is 6.10 Å². The van der Waals surface area contributed by atoms with Gasteiger partial charge in [-0.05, 0) is 24.3 Å². The SMILES string of the molecule is O=c1ccc2cc(OCC(O)CCl)ccc2[nH]1. The highest BCUT2D eigenvalue weighted by molar-refractivity contribution is 6.18. The Morgan fingerprint density at radius 2 is 2.18 bits per heavy atom. The van der Waals surface area contributed by atoms with Crippen LogP contribution < -0.4 is 10.3 Å². The third kappa shape index (κ3) is 2.99. The number of ether oxygens (including phenoxy) is 1. The Bertz CT molecular complexity index is 567. The summed E-state index contributed by atoms with van der Waals surface area (Å²) in [5, 5.41) is 10.1. The van der Waals surface area contributed by atoms with Crippen molar-refractivity contribution in [3.63, 3.8) is 0 Å². The number of benzene rings is 1. The van der Waals surface area contributed by atoms with Gasteiger partial charge in [-0.25, -0.2) is 0 Å². The van der Waals surface area contributed by atoms with Crippen LogP contribution in [0.1, 0.15) is 0 Å². The zero-order chi connectivity index (χ0) is 12.3. The highest BCUT2D eigenvalue weighted by atomic mass is 35.5. The lowest BCUT2D eigenvalue weighted by Crippen LogP contribution is -2.18. The fourth-order valence-electron chi connectivity index (χ4n) is 1.46. The maximum atomic E-state index is 11.1. The predicted octanol–water partition coefficient (Wildman–Crippen LogP) is 1.51. The summed E-state index contributed by atoms with van der Waals surface area (Å²) in [6.45, 7) is 0.151. The molecule has 5 heteroatoms. The third-order valence-corrected chi connectivity index (χ3v) is 2.67. The first kappa shape index (κ1) is 12.0. The molecule has 1 heterocycles. The summed E-state index contributed by atoms with van der Waals surface area (Å²) in [7, 11) is 0. The number of aliphatic hydroxyl groups is 1. The van der Waals surface area contributed by atoms with Crippen molar-refractivity contribution in [1.82, 2.24) is 4.98 Å². The zero-order valence-electron chi connectivity index (χ0n) is 9.02. The fourth-order valence-corrected chi connectivity index (χ4v) is 1.55. The molecule has 0 amide bonds. The molecule has 0 spiro atoms. The average molecular weight is 254 g/mol. The van der Waals surface area contributed by atoms with Crippen LogP contribution in [-0.2, 0) is 0 Å². The summed E-state index contributed by atoms with van der Waals surface area (Å²) in [6.07, 6.45) is -0.678. The molecule has 1 aromatic heterocycles. The van der Waals surface area contributed by atoms with E-state index in [4.69, 9.17) is 16.3 Å². The molecular weight excluding hydrogens is 242 g/mol. The number of aromatic nitrogens is 1. The number of hydrogen-bond acceptors (Lipinski definition) is 3. The minimum Gasteiger partial charge on any atom is -0.491 e. The Kier molecular flexibility index (Phi) is 3.66. The van der Waals surface area contributed by atoms with E-state index >= 15 is 0 Å².